The first-order chi connectivity index (χ1) is 10.8. The Bertz CT molecular complexity index is 553. The smallest absolute Gasteiger partial charge is 0.180 e. The van der Waals surface area contributed by atoms with Gasteiger partial charge in [0.25, 0.3) is 0 Å². The van der Waals surface area contributed by atoms with E-state index in [2.05, 4.69) is 32.4 Å². The summed E-state index contributed by atoms with van der Waals surface area (Å²) in [6, 6.07) is 3.59. The monoisotopic (exact) mass is 303 g/mol. The molecule has 2 rings (SSSR count). The van der Waals surface area contributed by atoms with Crippen molar-refractivity contribution in [2.45, 2.75) is 38.8 Å². The molecule has 22 heavy (non-hydrogen) atoms. The molecule has 1 atom stereocenters. The topological polar surface area (TPSA) is 93.0 Å². The number of ether oxygens (including phenoxy) is 1. The highest BCUT2D eigenvalue weighted by molar-refractivity contribution is 5.48. The number of anilines is 1. The molecule has 0 saturated carbocycles. The molecule has 2 aromatic rings. The number of rotatable bonds is 9. The van der Waals surface area contributed by atoms with Crippen molar-refractivity contribution >= 4 is 5.82 Å². The quantitative estimate of drug-likeness (QED) is 0.729. The summed E-state index contributed by atoms with van der Waals surface area (Å²) in [5.41, 5.74) is 0.724. The standard InChI is InChI=1S/C15H21N5O2/c1-2-3-5-12(9-21)19-15-14(8-16-11-17-15)22-10-13-6-4-7-18-20-13/h4,6-8,11-12,21H,2-3,5,9-10H2,1H3,(H,16,17,19)/t12-/m0/s1. The van der Waals surface area contributed by atoms with Crippen LogP contribution in [-0.4, -0.2) is 37.9 Å². The molecule has 7 nitrogen and oxygen atoms in total. The van der Waals surface area contributed by atoms with Crippen molar-refractivity contribution in [3.63, 3.8) is 0 Å². The zero-order valence-corrected chi connectivity index (χ0v) is 12.6. The maximum atomic E-state index is 9.45. The summed E-state index contributed by atoms with van der Waals surface area (Å²) in [5.74, 6) is 1.11. The third-order valence-corrected chi connectivity index (χ3v) is 3.15. The zero-order valence-electron chi connectivity index (χ0n) is 12.6. The van der Waals surface area contributed by atoms with Crippen molar-refractivity contribution in [1.82, 2.24) is 20.2 Å². The van der Waals surface area contributed by atoms with E-state index in [1.807, 2.05) is 6.07 Å². The third kappa shape index (κ3) is 4.92. The van der Waals surface area contributed by atoms with Crippen LogP contribution < -0.4 is 10.1 Å². The minimum atomic E-state index is -0.0475. The second-order valence-corrected chi connectivity index (χ2v) is 4.91. The second kappa shape index (κ2) is 8.89. The lowest BCUT2D eigenvalue weighted by atomic mass is 10.1. The van der Waals surface area contributed by atoms with Crippen molar-refractivity contribution in [1.29, 1.82) is 0 Å². The van der Waals surface area contributed by atoms with Crippen molar-refractivity contribution in [2.24, 2.45) is 0 Å². The fourth-order valence-corrected chi connectivity index (χ4v) is 1.95. The van der Waals surface area contributed by atoms with Gasteiger partial charge < -0.3 is 15.2 Å². The van der Waals surface area contributed by atoms with Gasteiger partial charge in [-0.15, -0.1) is 0 Å². The van der Waals surface area contributed by atoms with E-state index in [4.69, 9.17) is 4.74 Å². The summed E-state index contributed by atoms with van der Waals surface area (Å²) in [4.78, 5) is 8.17. The number of hydrogen-bond acceptors (Lipinski definition) is 7. The first-order valence-electron chi connectivity index (χ1n) is 7.40. The lowest BCUT2D eigenvalue weighted by Gasteiger charge is -2.18. The fourth-order valence-electron chi connectivity index (χ4n) is 1.95. The number of nitrogens with one attached hydrogen (secondary N) is 1. The Morgan fingerprint density at radius 2 is 2.32 bits per heavy atom. The molecule has 2 aromatic heterocycles. The summed E-state index contributed by atoms with van der Waals surface area (Å²) < 4.78 is 5.70. The van der Waals surface area contributed by atoms with Gasteiger partial charge in [0.05, 0.1) is 18.8 Å². The van der Waals surface area contributed by atoms with Crippen LogP contribution in [0.3, 0.4) is 0 Å². The Morgan fingerprint density at radius 1 is 1.41 bits per heavy atom. The minimum Gasteiger partial charge on any atom is -0.482 e. The van der Waals surface area contributed by atoms with Crippen LogP contribution in [0, 0.1) is 0 Å². The normalized spacial score (nSPS) is 11.9. The van der Waals surface area contributed by atoms with Gasteiger partial charge in [-0.2, -0.15) is 10.2 Å². The van der Waals surface area contributed by atoms with E-state index in [0.717, 1.165) is 25.0 Å². The van der Waals surface area contributed by atoms with Crippen LogP contribution in [0.15, 0.2) is 30.9 Å². The van der Waals surface area contributed by atoms with Gasteiger partial charge in [-0.1, -0.05) is 19.8 Å². The summed E-state index contributed by atoms with van der Waals surface area (Å²) in [7, 11) is 0. The molecule has 0 unspecified atom stereocenters. The van der Waals surface area contributed by atoms with E-state index >= 15 is 0 Å². The highest BCUT2D eigenvalue weighted by Crippen LogP contribution is 2.22. The maximum Gasteiger partial charge on any atom is 0.180 e. The van der Waals surface area contributed by atoms with E-state index in [1.54, 1.807) is 18.5 Å². The molecule has 2 N–H and O–H groups in total. The molecule has 2 heterocycles. The van der Waals surface area contributed by atoms with Gasteiger partial charge in [-0.3, -0.25) is 0 Å². The number of hydrogen-bond donors (Lipinski definition) is 2. The van der Waals surface area contributed by atoms with Gasteiger partial charge in [0.1, 0.15) is 18.6 Å². The number of aliphatic hydroxyl groups is 1. The van der Waals surface area contributed by atoms with E-state index < -0.39 is 0 Å². The van der Waals surface area contributed by atoms with Gasteiger partial charge in [0, 0.05) is 6.20 Å². The molecule has 118 valence electrons. The van der Waals surface area contributed by atoms with Crippen LogP contribution in [0.1, 0.15) is 31.9 Å². The largest absolute Gasteiger partial charge is 0.482 e. The van der Waals surface area contributed by atoms with Crippen LogP contribution >= 0.6 is 0 Å². The molecular formula is C15H21N5O2. The van der Waals surface area contributed by atoms with Gasteiger partial charge >= 0.3 is 0 Å². The fraction of sp³-hybridized carbons (Fsp3) is 0.467. The first kappa shape index (κ1) is 16.1. The molecule has 0 bridgehead atoms. The highest BCUT2D eigenvalue weighted by Gasteiger charge is 2.12. The van der Waals surface area contributed by atoms with E-state index in [0.29, 0.717) is 11.6 Å². The van der Waals surface area contributed by atoms with Crippen LogP contribution in [0.2, 0.25) is 0 Å². The molecular weight excluding hydrogens is 282 g/mol. The van der Waals surface area contributed by atoms with Crippen molar-refractivity contribution in [2.75, 3.05) is 11.9 Å². The van der Waals surface area contributed by atoms with Crippen molar-refractivity contribution < 1.29 is 9.84 Å². The number of nitrogens with zero attached hydrogens (tertiary/aromatic N) is 4. The average molecular weight is 303 g/mol. The van der Waals surface area contributed by atoms with E-state index in [-0.39, 0.29) is 19.3 Å². The molecule has 0 aliphatic rings. The van der Waals surface area contributed by atoms with E-state index in [9.17, 15) is 5.11 Å². The number of unbranched alkanes of at least 4 members (excludes halogenated alkanes) is 1. The zero-order chi connectivity index (χ0) is 15.6. The minimum absolute atomic E-state index is 0.0475. The van der Waals surface area contributed by atoms with Gasteiger partial charge in [0.15, 0.2) is 11.6 Å². The van der Waals surface area contributed by atoms with Crippen LogP contribution in [0.4, 0.5) is 5.82 Å². The third-order valence-electron chi connectivity index (χ3n) is 3.15. The van der Waals surface area contributed by atoms with Crippen molar-refractivity contribution in [3.05, 3.63) is 36.5 Å². The van der Waals surface area contributed by atoms with Crippen LogP contribution in [-0.2, 0) is 6.61 Å². The lowest BCUT2D eigenvalue weighted by molar-refractivity contribution is 0.265. The summed E-state index contributed by atoms with van der Waals surface area (Å²) in [6.45, 7) is 2.46. The Morgan fingerprint density at radius 3 is 3.05 bits per heavy atom. The predicted octanol–water partition coefficient (Wildman–Crippen LogP) is 1.81. The SMILES string of the molecule is CCCC[C@@H](CO)Nc1ncncc1OCc1cccnn1. The number of aliphatic hydroxyl groups excluding tert-OH is 1. The predicted molar refractivity (Wildman–Crippen MR) is 82.4 cm³/mol. The maximum absolute atomic E-state index is 9.45. The molecule has 0 fully saturated rings. The summed E-state index contributed by atoms with van der Waals surface area (Å²) >= 11 is 0. The molecule has 0 radical (unpaired) electrons. The Balaban J connectivity index is 1.99. The summed E-state index contributed by atoms with van der Waals surface area (Å²) in [5, 5.41) is 20.4. The van der Waals surface area contributed by atoms with E-state index in [1.165, 1.54) is 6.33 Å². The van der Waals surface area contributed by atoms with Crippen molar-refractivity contribution in [3.8, 4) is 5.75 Å². The molecule has 0 aliphatic heterocycles. The average Bonchev–Trinajstić information content (AvgIpc) is 2.58. The summed E-state index contributed by atoms with van der Waals surface area (Å²) in [6.07, 6.45) is 7.66. The van der Waals surface area contributed by atoms with Crippen LogP contribution in [0.5, 0.6) is 5.75 Å². The molecule has 0 spiro atoms. The van der Waals surface area contributed by atoms with Gasteiger partial charge in [0.2, 0.25) is 0 Å². The lowest BCUT2D eigenvalue weighted by Crippen LogP contribution is -2.24. The Labute approximate surface area is 129 Å². The van der Waals surface area contributed by atoms with Gasteiger partial charge in [-0.25, -0.2) is 9.97 Å². The number of aromatic nitrogens is 4. The highest BCUT2D eigenvalue weighted by atomic mass is 16.5. The molecule has 0 saturated heterocycles. The molecule has 0 aromatic carbocycles. The Kier molecular flexibility index (Phi) is 6.50. The van der Waals surface area contributed by atoms with Crippen LogP contribution in [0.25, 0.3) is 0 Å². The molecule has 0 amide bonds. The Hall–Kier alpha value is -2.28. The molecule has 7 heteroatoms. The second-order valence-electron chi connectivity index (χ2n) is 4.91. The first-order valence-corrected chi connectivity index (χ1v) is 7.40. The van der Waals surface area contributed by atoms with Gasteiger partial charge in [-0.05, 0) is 18.6 Å². The molecule has 0 aliphatic carbocycles.